The van der Waals surface area contributed by atoms with Gasteiger partial charge in [-0.05, 0) is 43.3 Å². The number of hydrogen-bond donors (Lipinski definition) is 1. The van der Waals surface area contributed by atoms with E-state index in [-0.39, 0.29) is 0 Å². The molecule has 0 bridgehead atoms. The first-order valence-electron chi connectivity index (χ1n) is 7.10. The van der Waals surface area contributed by atoms with Gasteiger partial charge in [-0.15, -0.1) is 0 Å². The van der Waals surface area contributed by atoms with Gasteiger partial charge in [-0.25, -0.2) is 0 Å². The molecule has 0 radical (unpaired) electrons. The molecule has 1 aliphatic carbocycles. The van der Waals surface area contributed by atoms with Gasteiger partial charge in [-0.1, -0.05) is 27.2 Å². The second kappa shape index (κ2) is 5.77. The molecule has 16 heavy (non-hydrogen) atoms. The van der Waals surface area contributed by atoms with E-state index in [1.165, 1.54) is 37.9 Å². The molecule has 1 aliphatic heterocycles. The van der Waals surface area contributed by atoms with Crippen LogP contribution in [0.4, 0.5) is 0 Å². The van der Waals surface area contributed by atoms with Crippen molar-refractivity contribution in [1.29, 1.82) is 0 Å². The lowest BCUT2D eigenvalue weighted by Gasteiger charge is -2.33. The summed E-state index contributed by atoms with van der Waals surface area (Å²) in [4.78, 5) is 0. The normalized spacial score (nSPS) is 44.8. The maximum Gasteiger partial charge on any atom is 0.0186 e. The van der Waals surface area contributed by atoms with Gasteiger partial charge in [0.2, 0.25) is 0 Å². The quantitative estimate of drug-likeness (QED) is 0.809. The lowest BCUT2D eigenvalue weighted by molar-refractivity contribution is 0.309. The van der Waals surface area contributed by atoms with Crippen LogP contribution in [0.25, 0.3) is 0 Å². The summed E-state index contributed by atoms with van der Waals surface area (Å²) >= 11 is 2.15. The molecule has 0 amide bonds. The van der Waals surface area contributed by atoms with Crippen LogP contribution < -0.4 is 5.32 Å². The van der Waals surface area contributed by atoms with Crippen molar-refractivity contribution in [2.75, 3.05) is 5.75 Å². The van der Waals surface area contributed by atoms with Gasteiger partial charge in [0.1, 0.15) is 0 Å². The van der Waals surface area contributed by atoms with Crippen LogP contribution in [0.3, 0.4) is 0 Å². The van der Waals surface area contributed by atoms with Crippen LogP contribution >= 0.6 is 11.8 Å². The number of hydrogen-bond acceptors (Lipinski definition) is 2. The van der Waals surface area contributed by atoms with Crippen LogP contribution in [-0.4, -0.2) is 23.1 Å². The predicted octanol–water partition coefficient (Wildman–Crippen LogP) is 3.68. The summed E-state index contributed by atoms with van der Waals surface area (Å²) in [6, 6.07) is 1.58. The van der Waals surface area contributed by atoms with Gasteiger partial charge in [-0.3, -0.25) is 0 Å². The largest absolute Gasteiger partial charge is 0.310 e. The molecule has 5 atom stereocenters. The lowest BCUT2D eigenvalue weighted by atomic mass is 9.93. The Kier molecular flexibility index (Phi) is 4.60. The zero-order chi connectivity index (χ0) is 11.5. The minimum Gasteiger partial charge on any atom is -0.310 e. The summed E-state index contributed by atoms with van der Waals surface area (Å²) in [7, 11) is 0. The molecule has 2 rings (SSSR count). The average Bonchev–Trinajstić information content (AvgIpc) is 2.63. The molecular formula is C14H27NS. The molecule has 1 N–H and O–H groups in total. The fourth-order valence-corrected chi connectivity index (χ4v) is 4.63. The van der Waals surface area contributed by atoms with Crippen LogP contribution in [0.5, 0.6) is 0 Å². The van der Waals surface area contributed by atoms with Crippen molar-refractivity contribution in [3.8, 4) is 0 Å². The van der Waals surface area contributed by atoms with Crippen LogP contribution in [-0.2, 0) is 0 Å². The molecule has 1 heterocycles. The molecule has 94 valence electrons. The molecule has 2 fully saturated rings. The van der Waals surface area contributed by atoms with E-state index in [1.807, 2.05) is 0 Å². The van der Waals surface area contributed by atoms with Crippen molar-refractivity contribution in [1.82, 2.24) is 5.32 Å². The second-order valence-corrected chi connectivity index (χ2v) is 7.19. The van der Waals surface area contributed by atoms with E-state index in [2.05, 4.69) is 37.8 Å². The minimum absolute atomic E-state index is 0.779. The highest BCUT2D eigenvalue weighted by molar-refractivity contribution is 7.99. The van der Waals surface area contributed by atoms with Gasteiger partial charge in [0.05, 0.1) is 0 Å². The Hall–Kier alpha value is 0.310. The number of nitrogens with one attached hydrogen (secondary N) is 1. The van der Waals surface area contributed by atoms with E-state index in [4.69, 9.17) is 0 Å². The Morgan fingerprint density at radius 3 is 2.56 bits per heavy atom. The van der Waals surface area contributed by atoms with Crippen molar-refractivity contribution < 1.29 is 0 Å². The minimum atomic E-state index is 0.779. The lowest BCUT2D eigenvalue weighted by Crippen LogP contribution is -2.46. The highest BCUT2D eigenvalue weighted by Gasteiger charge is 2.34. The van der Waals surface area contributed by atoms with Crippen molar-refractivity contribution in [2.24, 2.45) is 11.8 Å². The van der Waals surface area contributed by atoms with Gasteiger partial charge >= 0.3 is 0 Å². The molecular weight excluding hydrogens is 214 g/mol. The highest BCUT2D eigenvalue weighted by atomic mass is 32.2. The number of thioether (sulfide) groups is 1. The Bertz CT molecular complexity index is 219. The molecule has 1 nitrogen and oxygen atoms in total. The van der Waals surface area contributed by atoms with E-state index in [0.717, 1.165) is 29.2 Å². The standard InChI is InChI=1S/C14H27NS/c1-4-12-7-8-13(10(12)2)15-14-6-5-9-16-11(14)3/h10-15H,4-9H2,1-3H3. The predicted molar refractivity (Wildman–Crippen MR) is 74.0 cm³/mol. The molecule has 0 aromatic carbocycles. The molecule has 1 saturated carbocycles. The second-order valence-electron chi connectivity index (χ2n) is 5.70. The molecule has 0 spiro atoms. The van der Waals surface area contributed by atoms with Crippen molar-refractivity contribution in [3.05, 3.63) is 0 Å². The Morgan fingerprint density at radius 1 is 1.12 bits per heavy atom. The molecule has 0 aromatic heterocycles. The van der Waals surface area contributed by atoms with E-state index in [0.29, 0.717) is 0 Å². The molecule has 0 aromatic rings. The monoisotopic (exact) mass is 241 g/mol. The Balaban J connectivity index is 1.85. The van der Waals surface area contributed by atoms with Gasteiger partial charge in [-0.2, -0.15) is 11.8 Å². The zero-order valence-electron chi connectivity index (χ0n) is 11.0. The van der Waals surface area contributed by atoms with Gasteiger partial charge < -0.3 is 5.32 Å². The fraction of sp³-hybridized carbons (Fsp3) is 1.00. The molecule has 2 aliphatic rings. The van der Waals surface area contributed by atoms with E-state index >= 15 is 0 Å². The summed E-state index contributed by atoms with van der Waals surface area (Å²) in [6.45, 7) is 7.21. The van der Waals surface area contributed by atoms with Gasteiger partial charge in [0.25, 0.3) is 0 Å². The highest BCUT2D eigenvalue weighted by Crippen LogP contribution is 2.35. The van der Waals surface area contributed by atoms with Crippen LogP contribution in [0, 0.1) is 11.8 Å². The molecule has 2 heteroatoms. The van der Waals surface area contributed by atoms with Gasteiger partial charge in [0.15, 0.2) is 0 Å². The van der Waals surface area contributed by atoms with Gasteiger partial charge in [0, 0.05) is 17.3 Å². The number of rotatable bonds is 3. The summed E-state index contributed by atoms with van der Waals surface area (Å²) in [6.07, 6.45) is 7.03. The third kappa shape index (κ3) is 2.76. The first-order chi connectivity index (χ1) is 7.72. The van der Waals surface area contributed by atoms with Crippen LogP contribution in [0.1, 0.15) is 52.9 Å². The van der Waals surface area contributed by atoms with Crippen molar-refractivity contribution in [3.63, 3.8) is 0 Å². The maximum atomic E-state index is 3.96. The summed E-state index contributed by atoms with van der Waals surface area (Å²) in [5, 5.41) is 4.78. The topological polar surface area (TPSA) is 12.0 Å². The third-order valence-corrected chi connectivity index (χ3v) is 6.16. The van der Waals surface area contributed by atoms with Crippen LogP contribution in [0.15, 0.2) is 0 Å². The Labute approximate surface area is 105 Å². The third-order valence-electron chi connectivity index (χ3n) is 4.79. The summed E-state index contributed by atoms with van der Waals surface area (Å²) in [5.74, 6) is 3.24. The van der Waals surface area contributed by atoms with E-state index in [1.54, 1.807) is 0 Å². The smallest absolute Gasteiger partial charge is 0.0186 e. The van der Waals surface area contributed by atoms with E-state index in [9.17, 15) is 0 Å². The average molecular weight is 241 g/mol. The van der Waals surface area contributed by atoms with E-state index < -0.39 is 0 Å². The SMILES string of the molecule is CCC1CCC(NC2CCCSC2C)C1C. The molecule has 1 saturated heterocycles. The van der Waals surface area contributed by atoms with Crippen molar-refractivity contribution >= 4 is 11.8 Å². The van der Waals surface area contributed by atoms with Crippen LogP contribution in [0.2, 0.25) is 0 Å². The molecule has 5 unspecified atom stereocenters. The fourth-order valence-electron chi connectivity index (χ4n) is 3.48. The van der Waals surface area contributed by atoms with Crippen molar-refractivity contribution in [2.45, 2.75) is 70.2 Å². The maximum absolute atomic E-state index is 3.96. The first kappa shape index (κ1) is 12.8. The Morgan fingerprint density at radius 2 is 1.94 bits per heavy atom. The first-order valence-corrected chi connectivity index (χ1v) is 8.15. The summed E-state index contributed by atoms with van der Waals surface area (Å²) < 4.78 is 0. The zero-order valence-corrected chi connectivity index (χ0v) is 11.9. The summed E-state index contributed by atoms with van der Waals surface area (Å²) in [5.41, 5.74) is 0.